The molecule has 1 saturated heterocycles. The molecular formula is C13H16F2N2OS. The number of benzene rings is 1. The first-order chi connectivity index (χ1) is 9.08. The first kappa shape index (κ1) is 14.1. The van der Waals surface area contributed by atoms with E-state index >= 15 is 0 Å². The lowest BCUT2D eigenvalue weighted by Crippen LogP contribution is -2.25. The highest BCUT2D eigenvalue weighted by Gasteiger charge is 2.17. The molecule has 1 aromatic rings. The molecule has 0 amide bonds. The smallest absolute Gasteiger partial charge is 0.150 e. The SMILES string of the molecule is NC(=S)c1cc(F)c(NCC2CCCOC2)c(F)c1. The van der Waals surface area contributed by atoms with Crippen molar-refractivity contribution in [1.29, 1.82) is 0 Å². The molecule has 0 bridgehead atoms. The third-order valence-electron chi connectivity index (χ3n) is 3.15. The van der Waals surface area contributed by atoms with Crippen LogP contribution >= 0.6 is 12.2 Å². The number of thiocarbonyl (C=S) groups is 1. The van der Waals surface area contributed by atoms with Crippen LogP contribution in [0, 0.1) is 17.6 Å². The van der Waals surface area contributed by atoms with Gasteiger partial charge in [-0.15, -0.1) is 0 Å². The van der Waals surface area contributed by atoms with E-state index in [0.717, 1.165) is 31.6 Å². The summed E-state index contributed by atoms with van der Waals surface area (Å²) < 4.78 is 32.9. The monoisotopic (exact) mass is 286 g/mol. The number of hydrogen-bond acceptors (Lipinski definition) is 3. The highest BCUT2D eigenvalue weighted by molar-refractivity contribution is 7.80. The number of rotatable bonds is 4. The van der Waals surface area contributed by atoms with Crippen LogP contribution in [-0.2, 0) is 4.74 Å². The van der Waals surface area contributed by atoms with Crippen molar-refractivity contribution >= 4 is 22.9 Å². The second-order valence-corrected chi connectivity index (χ2v) is 5.08. The van der Waals surface area contributed by atoms with Gasteiger partial charge in [0.15, 0.2) is 0 Å². The van der Waals surface area contributed by atoms with Crippen molar-refractivity contribution < 1.29 is 13.5 Å². The molecule has 1 aliphatic rings. The normalized spacial score (nSPS) is 19.2. The van der Waals surface area contributed by atoms with E-state index in [0.29, 0.717) is 13.2 Å². The van der Waals surface area contributed by atoms with Gasteiger partial charge in [0.25, 0.3) is 0 Å². The fourth-order valence-electron chi connectivity index (χ4n) is 2.10. The van der Waals surface area contributed by atoms with E-state index in [1.165, 1.54) is 0 Å². The fourth-order valence-corrected chi connectivity index (χ4v) is 2.22. The summed E-state index contributed by atoms with van der Waals surface area (Å²) in [5, 5.41) is 2.80. The van der Waals surface area contributed by atoms with Gasteiger partial charge in [-0.2, -0.15) is 0 Å². The Morgan fingerprint density at radius 2 is 2.11 bits per heavy atom. The lowest BCUT2D eigenvalue weighted by atomic mass is 10.0. The first-order valence-corrected chi connectivity index (χ1v) is 6.59. The fraction of sp³-hybridized carbons (Fsp3) is 0.462. The van der Waals surface area contributed by atoms with E-state index in [9.17, 15) is 8.78 Å². The lowest BCUT2D eigenvalue weighted by Gasteiger charge is -2.23. The van der Waals surface area contributed by atoms with Crippen molar-refractivity contribution in [1.82, 2.24) is 0 Å². The molecule has 0 spiro atoms. The molecule has 1 unspecified atom stereocenters. The average Bonchev–Trinajstić information content (AvgIpc) is 2.38. The Morgan fingerprint density at radius 1 is 1.42 bits per heavy atom. The second-order valence-electron chi connectivity index (χ2n) is 4.64. The highest BCUT2D eigenvalue weighted by Crippen LogP contribution is 2.22. The summed E-state index contributed by atoms with van der Waals surface area (Å²) >= 11 is 4.70. The Morgan fingerprint density at radius 3 is 2.63 bits per heavy atom. The molecule has 0 radical (unpaired) electrons. The molecule has 1 atom stereocenters. The molecule has 3 nitrogen and oxygen atoms in total. The van der Waals surface area contributed by atoms with Gasteiger partial charge in [-0.3, -0.25) is 0 Å². The van der Waals surface area contributed by atoms with Gasteiger partial charge in [0.1, 0.15) is 22.3 Å². The molecule has 6 heteroatoms. The van der Waals surface area contributed by atoms with Gasteiger partial charge in [-0.05, 0) is 30.9 Å². The van der Waals surface area contributed by atoms with Crippen molar-refractivity contribution in [3.05, 3.63) is 29.3 Å². The van der Waals surface area contributed by atoms with Gasteiger partial charge < -0.3 is 15.8 Å². The minimum atomic E-state index is -0.681. The maximum absolute atomic E-state index is 13.8. The number of hydrogen-bond donors (Lipinski definition) is 2. The predicted molar refractivity (Wildman–Crippen MR) is 74.3 cm³/mol. The van der Waals surface area contributed by atoms with Gasteiger partial charge in [0, 0.05) is 18.7 Å². The highest BCUT2D eigenvalue weighted by atomic mass is 32.1. The zero-order valence-electron chi connectivity index (χ0n) is 10.4. The van der Waals surface area contributed by atoms with Crippen molar-refractivity contribution in [3.63, 3.8) is 0 Å². The van der Waals surface area contributed by atoms with E-state index in [1.54, 1.807) is 0 Å². The van der Waals surface area contributed by atoms with Gasteiger partial charge in [-0.25, -0.2) is 8.78 Å². The second kappa shape index (κ2) is 6.25. The van der Waals surface area contributed by atoms with E-state index in [1.807, 2.05) is 0 Å². The van der Waals surface area contributed by atoms with E-state index < -0.39 is 11.6 Å². The molecular weight excluding hydrogens is 270 g/mol. The van der Waals surface area contributed by atoms with Crippen LogP contribution in [0.2, 0.25) is 0 Å². The maximum Gasteiger partial charge on any atom is 0.150 e. The van der Waals surface area contributed by atoms with Crippen LogP contribution in [0.25, 0.3) is 0 Å². The third kappa shape index (κ3) is 3.61. The number of halogens is 2. The molecule has 0 aromatic heterocycles. The van der Waals surface area contributed by atoms with Crippen LogP contribution in [0.4, 0.5) is 14.5 Å². The predicted octanol–water partition coefficient (Wildman–Crippen LogP) is 2.44. The Hall–Kier alpha value is -1.27. The molecule has 3 N–H and O–H groups in total. The summed E-state index contributed by atoms with van der Waals surface area (Å²) in [7, 11) is 0. The van der Waals surface area contributed by atoms with E-state index in [4.69, 9.17) is 22.7 Å². The summed E-state index contributed by atoms with van der Waals surface area (Å²) in [5.74, 6) is -1.08. The molecule has 0 saturated carbocycles. The van der Waals surface area contributed by atoms with Crippen LogP contribution in [0.15, 0.2) is 12.1 Å². The van der Waals surface area contributed by atoms with Crippen LogP contribution < -0.4 is 11.1 Å². The van der Waals surface area contributed by atoms with Crippen molar-refractivity contribution in [2.24, 2.45) is 11.7 Å². The quantitative estimate of drug-likeness (QED) is 0.835. The van der Waals surface area contributed by atoms with Crippen LogP contribution in [-0.4, -0.2) is 24.7 Å². The minimum absolute atomic E-state index is 0.0231. The van der Waals surface area contributed by atoms with Crippen LogP contribution in [0.3, 0.4) is 0 Å². The Kier molecular flexibility index (Phi) is 4.66. The van der Waals surface area contributed by atoms with Crippen LogP contribution in [0.5, 0.6) is 0 Å². The number of nitrogens with two attached hydrogens (primary N) is 1. The summed E-state index contributed by atoms with van der Waals surface area (Å²) in [6.07, 6.45) is 1.99. The zero-order valence-corrected chi connectivity index (χ0v) is 11.2. The summed E-state index contributed by atoms with van der Waals surface area (Å²) in [4.78, 5) is -0.0231. The zero-order chi connectivity index (χ0) is 13.8. The topological polar surface area (TPSA) is 47.3 Å². The summed E-state index contributed by atoms with van der Waals surface area (Å²) in [6, 6.07) is 2.29. The molecule has 2 rings (SSSR count). The average molecular weight is 286 g/mol. The third-order valence-corrected chi connectivity index (χ3v) is 3.38. The van der Waals surface area contributed by atoms with Gasteiger partial charge in [-0.1, -0.05) is 12.2 Å². The molecule has 1 heterocycles. The van der Waals surface area contributed by atoms with Crippen LogP contribution in [0.1, 0.15) is 18.4 Å². The van der Waals surface area contributed by atoms with Gasteiger partial charge in [0.05, 0.1) is 6.61 Å². The molecule has 1 fully saturated rings. The largest absolute Gasteiger partial charge is 0.389 e. The van der Waals surface area contributed by atoms with Crippen molar-refractivity contribution in [2.75, 3.05) is 25.1 Å². The van der Waals surface area contributed by atoms with E-state index in [-0.39, 0.29) is 22.2 Å². The minimum Gasteiger partial charge on any atom is -0.389 e. The van der Waals surface area contributed by atoms with Gasteiger partial charge >= 0.3 is 0 Å². The summed E-state index contributed by atoms with van der Waals surface area (Å²) in [5.41, 5.74) is 5.41. The van der Waals surface area contributed by atoms with Crippen molar-refractivity contribution in [2.45, 2.75) is 12.8 Å². The Balaban J connectivity index is 2.05. The lowest BCUT2D eigenvalue weighted by molar-refractivity contribution is 0.0594. The van der Waals surface area contributed by atoms with E-state index in [2.05, 4.69) is 5.32 Å². The Labute approximate surface area is 116 Å². The summed E-state index contributed by atoms with van der Waals surface area (Å²) in [6.45, 7) is 1.88. The maximum atomic E-state index is 13.8. The first-order valence-electron chi connectivity index (χ1n) is 6.18. The Bertz CT molecular complexity index is 453. The van der Waals surface area contributed by atoms with Crippen molar-refractivity contribution in [3.8, 4) is 0 Å². The number of nitrogens with one attached hydrogen (secondary N) is 1. The molecule has 104 valence electrons. The number of ether oxygens (including phenoxy) is 1. The molecule has 1 aliphatic heterocycles. The molecule has 1 aromatic carbocycles. The molecule has 19 heavy (non-hydrogen) atoms. The molecule has 0 aliphatic carbocycles. The number of anilines is 1. The standard InChI is InChI=1S/C13H16F2N2OS/c14-10-4-9(13(16)19)5-11(15)12(10)17-6-8-2-1-3-18-7-8/h4-5,8,17H,1-3,6-7H2,(H2,16,19). The van der Waals surface area contributed by atoms with Gasteiger partial charge in [0.2, 0.25) is 0 Å².